The minimum absolute atomic E-state index is 0.00700. The minimum Gasteiger partial charge on any atom is -0.544 e. The molecule has 0 aliphatic rings. The molecule has 0 heterocycles. The van der Waals surface area contributed by atoms with Gasteiger partial charge in [-0.3, -0.25) is 9.59 Å². The van der Waals surface area contributed by atoms with Crippen LogP contribution in [-0.2, 0) is 28.6 Å². The smallest absolute Gasteiger partial charge is 0.306 e. The minimum atomic E-state index is -1.14. The summed E-state index contributed by atoms with van der Waals surface area (Å²) in [6.07, 6.45) is 62.7. The molecule has 362 valence electrons. The fraction of sp³-hybridized carbons (Fsp3) is 0.625. The number of carboxylic acid groups (broad SMARTS) is 1. The van der Waals surface area contributed by atoms with Crippen molar-refractivity contribution in [2.45, 2.75) is 187 Å². The molecule has 0 saturated carbocycles. The van der Waals surface area contributed by atoms with E-state index in [1.54, 1.807) is 21.1 Å². The Bertz CT molecular complexity index is 1410. The van der Waals surface area contributed by atoms with Crippen LogP contribution in [0.4, 0.5) is 0 Å². The van der Waals surface area contributed by atoms with Crippen molar-refractivity contribution < 1.29 is 38.2 Å². The molecule has 64 heavy (non-hydrogen) atoms. The number of likely N-dealkylation sites (N-methyl/N-ethyl adjacent to an activating group) is 1. The van der Waals surface area contributed by atoms with Crippen LogP contribution in [0.3, 0.4) is 0 Å². The molecular weight excluding hydrogens is 799 g/mol. The van der Waals surface area contributed by atoms with Gasteiger partial charge in [-0.1, -0.05) is 168 Å². The second-order valence-electron chi connectivity index (χ2n) is 17.3. The van der Waals surface area contributed by atoms with E-state index in [9.17, 15) is 19.5 Å². The number of nitrogens with zero attached hydrogens (tertiary/aromatic N) is 1. The predicted octanol–water partition coefficient (Wildman–Crippen LogP) is 13.1. The lowest BCUT2D eigenvalue weighted by molar-refractivity contribution is -0.889. The van der Waals surface area contributed by atoms with Gasteiger partial charge >= 0.3 is 11.9 Å². The Morgan fingerprint density at radius 3 is 1.34 bits per heavy atom. The number of quaternary nitrogens is 1. The molecule has 0 rings (SSSR count). The Morgan fingerprint density at radius 1 is 0.484 bits per heavy atom. The van der Waals surface area contributed by atoms with Crippen molar-refractivity contribution in [3.05, 3.63) is 109 Å². The second kappa shape index (κ2) is 45.6. The topological polar surface area (TPSA) is 102 Å². The Hall–Kier alpha value is -4.01. The number of ether oxygens (including phenoxy) is 3. The summed E-state index contributed by atoms with van der Waals surface area (Å²) in [6, 6.07) is -0.745. The highest BCUT2D eigenvalue weighted by molar-refractivity contribution is 5.70. The van der Waals surface area contributed by atoms with Crippen molar-refractivity contribution >= 4 is 17.9 Å². The third-order valence-electron chi connectivity index (χ3n) is 10.4. The van der Waals surface area contributed by atoms with E-state index in [1.807, 2.05) is 0 Å². The Labute approximate surface area is 391 Å². The molecule has 0 N–H and O–H groups in total. The van der Waals surface area contributed by atoms with Crippen LogP contribution in [0.2, 0.25) is 0 Å². The standard InChI is InChI=1S/C56H91NO7/c1-6-8-10-12-14-16-18-20-22-24-25-26-27-28-29-31-33-35-37-39-41-43-45-47-55(59)64-52(50-62-49-48-53(56(60)61)57(3,4)5)51-63-54(58)46-44-42-40-38-36-34-32-30-23-21-19-17-15-13-11-9-7-2/h8,10,14,16,20-23,25-26,28-29,32-35,38,40,52-53H,6-7,9,11-13,15,17-19,24,27,30-31,36-37,39,41-51H2,1-5H3/b10-8+,16-14+,22-20+,23-21+,26-25+,29-28+,34-32+,35-33+,40-38+. The lowest BCUT2D eigenvalue weighted by atomic mass is 10.1. The monoisotopic (exact) mass is 890 g/mol. The number of allylic oxidation sites excluding steroid dienone is 18. The van der Waals surface area contributed by atoms with E-state index in [4.69, 9.17) is 14.2 Å². The molecule has 2 atom stereocenters. The van der Waals surface area contributed by atoms with Gasteiger partial charge in [0.15, 0.2) is 6.10 Å². The lowest BCUT2D eigenvalue weighted by Crippen LogP contribution is -2.55. The van der Waals surface area contributed by atoms with Crippen LogP contribution in [-0.4, -0.2) is 75.5 Å². The number of rotatable bonds is 43. The first kappa shape index (κ1) is 60.0. The van der Waals surface area contributed by atoms with Gasteiger partial charge in [-0.25, -0.2) is 0 Å². The summed E-state index contributed by atoms with van der Waals surface area (Å²) in [7, 11) is 5.38. The molecule has 2 unspecified atom stereocenters. The van der Waals surface area contributed by atoms with Gasteiger partial charge < -0.3 is 28.6 Å². The van der Waals surface area contributed by atoms with Crippen LogP contribution in [0.5, 0.6) is 0 Å². The number of aliphatic carboxylic acids is 1. The lowest BCUT2D eigenvalue weighted by Gasteiger charge is -2.34. The van der Waals surface area contributed by atoms with Crippen LogP contribution in [0.1, 0.15) is 174 Å². The largest absolute Gasteiger partial charge is 0.544 e. The highest BCUT2D eigenvalue weighted by Crippen LogP contribution is 2.12. The van der Waals surface area contributed by atoms with E-state index in [2.05, 4.69) is 123 Å². The maximum Gasteiger partial charge on any atom is 0.306 e. The van der Waals surface area contributed by atoms with Crippen LogP contribution < -0.4 is 5.11 Å². The first-order chi connectivity index (χ1) is 31.1. The van der Waals surface area contributed by atoms with Crippen molar-refractivity contribution in [2.24, 2.45) is 0 Å². The third-order valence-corrected chi connectivity index (χ3v) is 10.4. The number of carbonyl (C=O) groups is 3. The molecule has 0 saturated heterocycles. The molecule has 8 heteroatoms. The summed E-state index contributed by atoms with van der Waals surface area (Å²) >= 11 is 0. The normalized spacial score (nSPS) is 13.8. The zero-order chi connectivity index (χ0) is 47.0. The van der Waals surface area contributed by atoms with Crippen molar-refractivity contribution in [3.63, 3.8) is 0 Å². The van der Waals surface area contributed by atoms with Gasteiger partial charge in [-0.15, -0.1) is 0 Å². The van der Waals surface area contributed by atoms with Crippen LogP contribution in [0.15, 0.2) is 109 Å². The highest BCUT2D eigenvalue weighted by Gasteiger charge is 2.25. The van der Waals surface area contributed by atoms with E-state index in [-0.39, 0.29) is 55.5 Å². The number of hydrogen-bond acceptors (Lipinski definition) is 7. The van der Waals surface area contributed by atoms with E-state index in [0.29, 0.717) is 12.8 Å². The zero-order valence-electron chi connectivity index (χ0n) is 41.2. The molecule has 0 aromatic heterocycles. The van der Waals surface area contributed by atoms with Gasteiger partial charge in [0.25, 0.3) is 0 Å². The van der Waals surface area contributed by atoms with Gasteiger partial charge in [0, 0.05) is 19.3 Å². The molecule has 0 radical (unpaired) electrons. The summed E-state index contributed by atoms with van der Waals surface area (Å²) < 4.78 is 17.1. The number of esters is 2. The molecular formula is C56H91NO7. The predicted molar refractivity (Wildman–Crippen MR) is 268 cm³/mol. The average Bonchev–Trinajstić information content (AvgIpc) is 3.26. The van der Waals surface area contributed by atoms with Crippen molar-refractivity contribution in [3.8, 4) is 0 Å². The first-order valence-corrected chi connectivity index (χ1v) is 24.9. The van der Waals surface area contributed by atoms with Crippen LogP contribution in [0.25, 0.3) is 0 Å². The zero-order valence-corrected chi connectivity index (χ0v) is 41.2. The quantitative estimate of drug-likeness (QED) is 0.0260. The fourth-order valence-corrected chi connectivity index (χ4v) is 6.56. The van der Waals surface area contributed by atoms with E-state index in [1.165, 1.54) is 44.9 Å². The van der Waals surface area contributed by atoms with Gasteiger partial charge in [0.2, 0.25) is 0 Å². The van der Waals surface area contributed by atoms with Crippen molar-refractivity contribution in [1.29, 1.82) is 0 Å². The maximum atomic E-state index is 12.8. The molecule has 0 amide bonds. The van der Waals surface area contributed by atoms with Crippen molar-refractivity contribution in [1.82, 2.24) is 0 Å². The highest BCUT2D eigenvalue weighted by atomic mass is 16.6. The number of hydrogen-bond donors (Lipinski definition) is 0. The van der Waals surface area contributed by atoms with Crippen molar-refractivity contribution in [2.75, 3.05) is 41.0 Å². The van der Waals surface area contributed by atoms with E-state index >= 15 is 0 Å². The third kappa shape index (κ3) is 43.3. The van der Waals surface area contributed by atoms with Crippen LogP contribution >= 0.6 is 0 Å². The number of carbonyl (C=O) groups excluding carboxylic acids is 3. The maximum absolute atomic E-state index is 12.8. The molecule has 0 bridgehead atoms. The molecule has 0 aliphatic heterocycles. The molecule has 0 aliphatic carbocycles. The molecule has 8 nitrogen and oxygen atoms in total. The summed E-state index contributed by atoms with van der Waals surface area (Å²) in [5, 5.41) is 11.7. The Morgan fingerprint density at radius 2 is 0.891 bits per heavy atom. The average molecular weight is 890 g/mol. The number of unbranched alkanes of at least 4 members (excludes halogenated alkanes) is 11. The number of carboxylic acids is 1. The van der Waals surface area contributed by atoms with E-state index < -0.39 is 18.1 Å². The van der Waals surface area contributed by atoms with Gasteiger partial charge in [-0.2, -0.15) is 0 Å². The Kier molecular flexibility index (Phi) is 42.7. The summed E-state index contributed by atoms with van der Waals surface area (Å²) in [4.78, 5) is 37.0. The van der Waals surface area contributed by atoms with Gasteiger partial charge in [-0.05, 0) is 96.3 Å². The summed E-state index contributed by atoms with van der Waals surface area (Å²) in [5.41, 5.74) is 0. The fourth-order valence-electron chi connectivity index (χ4n) is 6.56. The van der Waals surface area contributed by atoms with Gasteiger partial charge in [0.05, 0.1) is 40.3 Å². The van der Waals surface area contributed by atoms with E-state index in [0.717, 1.165) is 83.5 Å². The molecule has 0 spiro atoms. The molecule has 0 aromatic rings. The second-order valence-corrected chi connectivity index (χ2v) is 17.3. The molecule has 0 aromatic carbocycles. The first-order valence-electron chi connectivity index (χ1n) is 24.9. The summed E-state index contributed by atoms with van der Waals surface area (Å²) in [6.45, 7) is 4.44. The SMILES string of the molecule is CC/C=C/C/C=C/C/C=C/C/C=C/C/C=C/C/C=C/CCCCCCC(=O)OC(COCCC(C(=O)[O-])[N+](C)(C)C)COC(=O)CCC/C=C/C/C=C/C/C=C/CCCCCCCC. The molecule has 0 fully saturated rings. The summed E-state index contributed by atoms with van der Waals surface area (Å²) in [5.74, 6) is -1.85. The van der Waals surface area contributed by atoms with Crippen LogP contribution in [0, 0.1) is 0 Å². The Balaban J connectivity index is 4.43. The van der Waals surface area contributed by atoms with Gasteiger partial charge in [0.1, 0.15) is 12.6 Å².